The van der Waals surface area contributed by atoms with Gasteiger partial charge in [-0.2, -0.15) is 5.26 Å². The van der Waals surface area contributed by atoms with Crippen molar-refractivity contribution in [2.24, 2.45) is 0 Å². The van der Waals surface area contributed by atoms with E-state index in [0.717, 1.165) is 23.5 Å². The maximum absolute atomic E-state index is 8.58. The fourth-order valence-electron chi connectivity index (χ4n) is 1.93. The average Bonchev–Trinajstić information content (AvgIpc) is 2.53. The Hall–Kier alpha value is -2.41. The number of benzene rings is 1. The van der Waals surface area contributed by atoms with E-state index < -0.39 is 0 Å². The molecule has 4 heteroatoms. The zero-order valence-corrected chi connectivity index (χ0v) is 11.9. The summed E-state index contributed by atoms with van der Waals surface area (Å²) in [5, 5.41) is 17.1. The van der Waals surface area contributed by atoms with Crippen LogP contribution in [0.15, 0.2) is 36.4 Å². The quantitative estimate of drug-likeness (QED) is 0.834. The van der Waals surface area contributed by atoms with E-state index in [1.54, 1.807) is 0 Å². The van der Waals surface area contributed by atoms with Crippen molar-refractivity contribution < 1.29 is 0 Å². The van der Waals surface area contributed by atoms with Gasteiger partial charge in [-0.25, -0.2) is 0 Å². The molecule has 0 fully saturated rings. The minimum absolute atomic E-state index is 0.485. The van der Waals surface area contributed by atoms with E-state index in [9.17, 15) is 0 Å². The Morgan fingerprint density at radius 1 is 1.10 bits per heavy atom. The molecule has 1 heterocycles. The van der Waals surface area contributed by atoms with Crippen LogP contribution in [0.4, 0.5) is 5.82 Å². The van der Waals surface area contributed by atoms with Gasteiger partial charge in [-0.05, 0) is 24.1 Å². The summed E-state index contributed by atoms with van der Waals surface area (Å²) in [5.74, 6) is 0.786. The second kappa shape index (κ2) is 6.67. The largest absolute Gasteiger partial charge is 0.357 e. The van der Waals surface area contributed by atoms with Gasteiger partial charge in [0.1, 0.15) is 0 Å². The topological polar surface area (TPSA) is 52.8 Å². The first-order valence-corrected chi connectivity index (χ1v) is 6.75. The predicted octanol–water partition coefficient (Wildman–Crippen LogP) is 3.06. The van der Waals surface area contributed by atoms with Crippen molar-refractivity contribution in [3.63, 3.8) is 0 Å². The average molecular weight is 266 g/mol. The second-order valence-corrected chi connectivity index (χ2v) is 4.66. The molecule has 0 saturated heterocycles. The fraction of sp³-hybridized carbons (Fsp3) is 0.312. The van der Waals surface area contributed by atoms with Gasteiger partial charge in [-0.15, -0.1) is 10.2 Å². The summed E-state index contributed by atoms with van der Waals surface area (Å²) in [6.07, 6.45) is 1.52. The van der Waals surface area contributed by atoms with Crippen LogP contribution in [0.2, 0.25) is 0 Å². The molecule has 0 aliphatic heterocycles. The van der Waals surface area contributed by atoms with Crippen molar-refractivity contribution >= 4 is 5.82 Å². The van der Waals surface area contributed by atoms with Gasteiger partial charge >= 0.3 is 0 Å². The molecule has 1 aromatic heterocycles. The first kappa shape index (κ1) is 14.0. The van der Waals surface area contributed by atoms with E-state index in [1.807, 2.05) is 24.1 Å². The molecule has 2 aromatic rings. The first-order chi connectivity index (χ1) is 9.74. The zero-order valence-electron chi connectivity index (χ0n) is 11.9. The van der Waals surface area contributed by atoms with Crippen LogP contribution >= 0.6 is 0 Å². The van der Waals surface area contributed by atoms with Gasteiger partial charge in [0.05, 0.1) is 18.2 Å². The summed E-state index contributed by atoms with van der Waals surface area (Å²) in [4.78, 5) is 1.93. The van der Waals surface area contributed by atoms with Crippen LogP contribution in [0.3, 0.4) is 0 Å². The third-order valence-corrected chi connectivity index (χ3v) is 3.26. The summed E-state index contributed by atoms with van der Waals surface area (Å²) in [5.41, 5.74) is 3.25. The Morgan fingerprint density at radius 3 is 2.40 bits per heavy atom. The van der Waals surface area contributed by atoms with Crippen molar-refractivity contribution in [3.05, 3.63) is 42.0 Å². The van der Waals surface area contributed by atoms with Gasteiger partial charge in [-0.3, -0.25) is 0 Å². The number of aromatic nitrogens is 2. The number of nitriles is 1. The highest BCUT2D eigenvalue weighted by molar-refractivity contribution is 5.60. The fourth-order valence-corrected chi connectivity index (χ4v) is 1.93. The van der Waals surface area contributed by atoms with Crippen LogP contribution in [0.25, 0.3) is 11.3 Å². The van der Waals surface area contributed by atoms with Crippen LogP contribution < -0.4 is 4.90 Å². The predicted molar refractivity (Wildman–Crippen MR) is 80.3 cm³/mol. The minimum atomic E-state index is 0.485. The van der Waals surface area contributed by atoms with E-state index in [4.69, 9.17) is 5.26 Å². The molecule has 0 aliphatic carbocycles. The third-order valence-electron chi connectivity index (χ3n) is 3.26. The van der Waals surface area contributed by atoms with Crippen LogP contribution in [0.1, 0.15) is 18.9 Å². The molecular formula is C16H18N4. The molecular weight excluding hydrogens is 248 g/mol. The number of nitrogens with zero attached hydrogens (tertiary/aromatic N) is 4. The second-order valence-electron chi connectivity index (χ2n) is 4.66. The lowest BCUT2D eigenvalue weighted by molar-refractivity contribution is 0.860. The summed E-state index contributed by atoms with van der Waals surface area (Å²) >= 11 is 0. The van der Waals surface area contributed by atoms with Crippen LogP contribution in [0.5, 0.6) is 0 Å². The third kappa shape index (κ3) is 3.33. The van der Waals surface area contributed by atoms with Crippen LogP contribution in [-0.2, 0) is 6.42 Å². The lowest BCUT2D eigenvalue weighted by Gasteiger charge is -2.15. The number of hydrogen-bond donors (Lipinski definition) is 0. The van der Waals surface area contributed by atoms with Crippen molar-refractivity contribution in [2.45, 2.75) is 19.8 Å². The maximum Gasteiger partial charge on any atom is 0.151 e. The molecule has 0 saturated carbocycles. The first-order valence-electron chi connectivity index (χ1n) is 6.75. The Morgan fingerprint density at radius 2 is 1.85 bits per heavy atom. The van der Waals surface area contributed by atoms with E-state index in [2.05, 4.69) is 47.5 Å². The normalized spacial score (nSPS) is 10.1. The number of anilines is 1. The van der Waals surface area contributed by atoms with Gasteiger partial charge in [0.25, 0.3) is 0 Å². The molecule has 0 spiro atoms. The number of rotatable bonds is 5. The molecule has 0 bridgehead atoms. The number of hydrogen-bond acceptors (Lipinski definition) is 4. The molecule has 102 valence electrons. The summed E-state index contributed by atoms with van der Waals surface area (Å²) in [7, 11) is 1.91. The van der Waals surface area contributed by atoms with E-state index >= 15 is 0 Å². The van der Waals surface area contributed by atoms with Gasteiger partial charge in [0.15, 0.2) is 5.82 Å². The maximum atomic E-state index is 8.58. The van der Waals surface area contributed by atoms with Crippen molar-refractivity contribution in [2.75, 3.05) is 18.5 Å². The Kier molecular flexibility index (Phi) is 4.67. The van der Waals surface area contributed by atoms with Gasteiger partial charge in [-0.1, -0.05) is 31.2 Å². The summed E-state index contributed by atoms with van der Waals surface area (Å²) < 4.78 is 0. The van der Waals surface area contributed by atoms with Crippen molar-refractivity contribution in [3.8, 4) is 17.3 Å². The van der Waals surface area contributed by atoms with Crippen LogP contribution in [-0.4, -0.2) is 23.8 Å². The highest BCUT2D eigenvalue weighted by atomic mass is 15.2. The summed E-state index contributed by atoms with van der Waals surface area (Å²) in [6, 6.07) is 14.4. The molecule has 0 N–H and O–H groups in total. The molecule has 2 rings (SSSR count). The highest BCUT2D eigenvalue weighted by Crippen LogP contribution is 2.19. The molecule has 0 amide bonds. The Labute approximate surface area is 119 Å². The van der Waals surface area contributed by atoms with Crippen molar-refractivity contribution in [1.29, 1.82) is 5.26 Å². The molecule has 0 unspecified atom stereocenters. The SMILES string of the molecule is CCc1ccc(-c2ccc(N(C)CCC#N)nn2)cc1. The van der Waals surface area contributed by atoms with E-state index in [0.29, 0.717) is 13.0 Å². The minimum Gasteiger partial charge on any atom is -0.357 e. The van der Waals surface area contributed by atoms with Gasteiger partial charge < -0.3 is 4.90 Å². The molecule has 0 aliphatic rings. The lowest BCUT2D eigenvalue weighted by Crippen LogP contribution is -2.19. The molecule has 4 nitrogen and oxygen atoms in total. The molecule has 0 radical (unpaired) electrons. The number of aryl methyl sites for hydroxylation is 1. The van der Waals surface area contributed by atoms with E-state index in [-0.39, 0.29) is 0 Å². The Bertz CT molecular complexity index is 581. The van der Waals surface area contributed by atoms with Gasteiger partial charge in [0, 0.05) is 19.2 Å². The smallest absolute Gasteiger partial charge is 0.151 e. The zero-order chi connectivity index (χ0) is 14.4. The Balaban J connectivity index is 2.12. The van der Waals surface area contributed by atoms with E-state index in [1.165, 1.54) is 5.56 Å². The van der Waals surface area contributed by atoms with Gasteiger partial charge in [0.2, 0.25) is 0 Å². The highest BCUT2D eigenvalue weighted by Gasteiger charge is 2.05. The lowest BCUT2D eigenvalue weighted by atomic mass is 10.1. The summed E-state index contributed by atoms with van der Waals surface area (Å²) in [6.45, 7) is 2.80. The standard InChI is InChI=1S/C16H18N4/c1-3-13-5-7-14(8-6-13)15-9-10-16(19-18-15)20(2)12-4-11-17/h5-10H,3-4,12H2,1-2H3. The van der Waals surface area contributed by atoms with Crippen molar-refractivity contribution in [1.82, 2.24) is 10.2 Å². The monoisotopic (exact) mass is 266 g/mol. The molecule has 1 aromatic carbocycles. The molecule has 0 atom stereocenters. The van der Waals surface area contributed by atoms with Crippen LogP contribution in [0, 0.1) is 11.3 Å². The molecule has 20 heavy (non-hydrogen) atoms.